The topological polar surface area (TPSA) is 98.3 Å². The van der Waals surface area contributed by atoms with Crippen molar-refractivity contribution < 1.29 is 5.11 Å². The molecule has 1 atom stereocenters. The van der Waals surface area contributed by atoms with Crippen LogP contribution >= 0.6 is 0 Å². The van der Waals surface area contributed by atoms with E-state index in [1.54, 1.807) is 0 Å². The maximum Gasteiger partial charge on any atom is 0.0901 e. The van der Waals surface area contributed by atoms with Gasteiger partial charge < -0.3 is 22.3 Å². The number of hydrogen-bond acceptors (Lipinski definition) is 4. The first kappa shape index (κ1) is 16.9. The first-order valence-electron chi connectivity index (χ1n) is 8.20. The Kier molecular flexibility index (Phi) is 4.63. The van der Waals surface area contributed by atoms with Crippen molar-refractivity contribution in [3.05, 3.63) is 89.0 Å². The van der Waals surface area contributed by atoms with Crippen LogP contribution in [0.1, 0.15) is 34.3 Å². The number of anilines is 3. The zero-order valence-electron chi connectivity index (χ0n) is 14.2. The van der Waals surface area contributed by atoms with Crippen molar-refractivity contribution in [1.82, 2.24) is 0 Å². The van der Waals surface area contributed by atoms with Gasteiger partial charge in [0, 0.05) is 23.0 Å². The summed E-state index contributed by atoms with van der Waals surface area (Å²) in [5.41, 5.74) is 23.4. The number of aliphatic hydroxyl groups is 1. The van der Waals surface area contributed by atoms with Crippen LogP contribution in [0.15, 0.2) is 66.7 Å². The summed E-state index contributed by atoms with van der Waals surface area (Å²) < 4.78 is 0. The van der Waals surface area contributed by atoms with E-state index in [0.717, 1.165) is 22.3 Å². The number of rotatable bonds is 4. The number of nitrogens with two attached hydrogens (primary N) is 3. The van der Waals surface area contributed by atoms with Crippen LogP contribution in [0.2, 0.25) is 0 Å². The Morgan fingerprint density at radius 3 is 1.56 bits per heavy atom. The molecule has 0 aromatic heterocycles. The molecule has 0 amide bonds. The first-order valence-corrected chi connectivity index (χ1v) is 8.20. The highest BCUT2D eigenvalue weighted by atomic mass is 16.3. The van der Waals surface area contributed by atoms with Crippen LogP contribution in [0.25, 0.3) is 0 Å². The molecular formula is C21H23N3O. The van der Waals surface area contributed by atoms with E-state index in [0.29, 0.717) is 17.1 Å². The molecule has 3 aromatic rings. The summed E-state index contributed by atoms with van der Waals surface area (Å²) >= 11 is 0. The number of benzene rings is 3. The van der Waals surface area contributed by atoms with Crippen molar-refractivity contribution in [3.8, 4) is 0 Å². The van der Waals surface area contributed by atoms with E-state index in [1.807, 2.05) is 73.7 Å². The van der Waals surface area contributed by atoms with Crippen molar-refractivity contribution in [3.63, 3.8) is 0 Å². The second-order valence-corrected chi connectivity index (χ2v) is 6.37. The van der Waals surface area contributed by atoms with E-state index >= 15 is 0 Å². The highest BCUT2D eigenvalue weighted by molar-refractivity contribution is 5.49. The third-order valence-electron chi connectivity index (χ3n) is 4.52. The highest BCUT2D eigenvalue weighted by Gasteiger charge is 2.26. The van der Waals surface area contributed by atoms with Crippen molar-refractivity contribution in [2.24, 2.45) is 0 Å². The zero-order chi connectivity index (χ0) is 18.0. The lowest BCUT2D eigenvalue weighted by atomic mass is 9.82. The molecule has 0 aliphatic carbocycles. The smallest absolute Gasteiger partial charge is 0.0901 e. The third-order valence-corrected chi connectivity index (χ3v) is 4.52. The van der Waals surface area contributed by atoms with Gasteiger partial charge >= 0.3 is 0 Å². The Balaban J connectivity index is 2.09. The van der Waals surface area contributed by atoms with Gasteiger partial charge in [0.05, 0.1) is 6.10 Å². The molecule has 128 valence electrons. The zero-order valence-corrected chi connectivity index (χ0v) is 14.2. The third kappa shape index (κ3) is 3.59. The average molecular weight is 333 g/mol. The molecule has 0 aliphatic rings. The number of nitrogen functional groups attached to an aromatic ring is 3. The second kappa shape index (κ2) is 6.87. The Bertz CT molecular complexity index is 812. The number of hydrogen-bond donors (Lipinski definition) is 4. The lowest BCUT2D eigenvalue weighted by Gasteiger charge is -2.26. The summed E-state index contributed by atoms with van der Waals surface area (Å²) in [6.45, 7) is 1.96. The molecule has 4 heteroatoms. The molecule has 25 heavy (non-hydrogen) atoms. The number of aryl methyl sites for hydroxylation is 1. The van der Waals surface area contributed by atoms with Crippen molar-refractivity contribution >= 4 is 17.1 Å². The maximum atomic E-state index is 11.2. The van der Waals surface area contributed by atoms with E-state index in [-0.39, 0.29) is 5.92 Å². The van der Waals surface area contributed by atoms with Crippen molar-refractivity contribution in [2.45, 2.75) is 18.9 Å². The molecule has 3 rings (SSSR count). The monoisotopic (exact) mass is 333 g/mol. The molecule has 0 radical (unpaired) electrons. The molecule has 0 saturated carbocycles. The van der Waals surface area contributed by atoms with Gasteiger partial charge in [0.2, 0.25) is 0 Å². The lowest BCUT2D eigenvalue weighted by molar-refractivity contribution is 0.158. The molecular weight excluding hydrogens is 310 g/mol. The Morgan fingerprint density at radius 2 is 1.12 bits per heavy atom. The normalized spacial score (nSPS) is 12.3. The van der Waals surface area contributed by atoms with E-state index in [9.17, 15) is 5.11 Å². The quantitative estimate of drug-likeness (QED) is 0.548. The van der Waals surface area contributed by atoms with Crippen LogP contribution in [-0.4, -0.2) is 5.11 Å². The van der Waals surface area contributed by atoms with Gasteiger partial charge in [-0.15, -0.1) is 0 Å². The molecule has 7 N–H and O–H groups in total. The van der Waals surface area contributed by atoms with Gasteiger partial charge in [-0.2, -0.15) is 0 Å². The van der Waals surface area contributed by atoms with Gasteiger partial charge in [-0.05, 0) is 65.6 Å². The minimum absolute atomic E-state index is 0.233. The average Bonchev–Trinajstić information content (AvgIpc) is 2.58. The molecule has 0 fully saturated rings. The fraction of sp³-hybridized carbons (Fsp3) is 0.143. The van der Waals surface area contributed by atoms with E-state index in [2.05, 4.69) is 0 Å². The van der Waals surface area contributed by atoms with Gasteiger partial charge in [-0.25, -0.2) is 0 Å². The van der Waals surface area contributed by atoms with E-state index < -0.39 is 6.10 Å². The lowest BCUT2D eigenvalue weighted by Crippen LogP contribution is -2.14. The Labute approximate surface area is 147 Å². The molecule has 0 unspecified atom stereocenters. The van der Waals surface area contributed by atoms with Crippen molar-refractivity contribution in [1.29, 1.82) is 0 Å². The Morgan fingerprint density at radius 1 is 0.680 bits per heavy atom. The standard InChI is InChI=1S/C21H23N3O/c1-13-12-18(24)10-11-19(13)21(25)20(14-2-6-16(22)7-3-14)15-4-8-17(23)9-5-15/h2-12,20-21,25H,22-24H2,1H3/t21-/m1/s1. The molecule has 0 aliphatic heterocycles. The predicted molar refractivity (Wildman–Crippen MR) is 104 cm³/mol. The van der Waals surface area contributed by atoms with E-state index in [1.165, 1.54) is 0 Å². The first-order chi connectivity index (χ1) is 12.0. The minimum Gasteiger partial charge on any atom is -0.399 e. The van der Waals surface area contributed by atoms with Crippen LogP contribution < -0.4 is 17.2 Å². The van der Waals surface area contributed by atoms with Crippen LogP contribution in [0.4, 0.5) is 17.1 Å². The van der Waals surface area contributed by atoms with Gasteiger partial charge in [0.25, 0.3) is 0 Å². The molecule has 3 aromatic carbocycles. The van der Waals surface area contributed by atoms with E-state index in [4.69, 9.17) is 17.2 Å². The van der Waals surface area contributed by atoms with Gasteiger partial charge in [0.15, 0.2) is 0 Å². The van der Waals surface area contributed by atoms with Gasteiger partial charge in [-0.3, -0.25) is 0 Å². The molecule has 4 nitrogen and oxygen atoms in total. The highest BCUT2D eigenvalue weighted by Crippen LogP contribution is 2.38. The molecule has 0 heterocycles. The summed E-state index contributed by atoms with van der Waals surface area (Å²) in [5, 5.41) is 11.2. The predicted octanol–water partition coefficient (Wildman–Crippen LogP) is 3.61. The fourth-order valence-corrected chi connectivity index (χ4v) is 3.17. The fourth-order valence-electron chi connectivity index (χ4n) is 3.17. The summed E-state index contributed by atoms with van der Waals surface area (Å²) in [4.78, 5) is 0. The molecule has 0 saturated heterocycles. The number of aliphatic hydroxyl groups excluding tert-OH is 1. The summed E-state index contributed by atoms with van der Waals surface area (Å²) in [5.74, 6) is -0.233. The van der Waals surface area contributed by atoms with Crippen molar-refractivity contribution in [2.75, 3.05) is 17.2 Å². The van der Waals surface area contributed by atoms with Crippen LogP contribution in [0.5, 0.6) is 0 Å². The summed E-state index contributed by atoms with van der Waals surface area (Å²) in [6.07, 6.45) is -0.715. The van der Waals surface area contributed by atoms with Crippen LogP contribution in [-0.2, 0) is 0 Å². The minimum atomic E-state index is -0.715. The van der Waals surface area contributed by atoms with Crippen LogP contribution in [0.3, 0.4) is 0 Å². The van der Waals surface area contributed by atoms with Gasteiger partial charge in [-0.1, -0.05) is 30.3 Å². The summed E-state index contributed by atoms with van der Waals surface area (Å²) in [6, 6.07) is 20.8. The second-order valence-electron chi connectivity index (χ2n) is 6.37. The van der Waals surface area contributed by atoms with Gasteiger partial charge in [0.1, 0.15) is 0 Å². The van der Waals surface area contributed by atoms with Crippen LogP contribution in [0, 0.1) is 6.92 Å². The largest absolute Gasteiger partial charge is 0.399 e. The molecule has 0 spiro atoms. The molecule has 0 bridgehead atoms. The maximum absolute atomic E-state index is 11.2. The SMILES string of the molecule is Cc1cc(N)ccc1[C@@H](O)C(c1ccc(N)cc1)c1ccc(N)cc1. The summed E-state index contributed by atoms with van der Waals surface area (Å²) in [7, 11) is 0. The Hall–Kier alpha value is -2.98.